The molecule has 0 saturated carbocycles. The molecule has 1 atom stereocenters. The lowest BCUT2D eigenvalue weighted by Crippen LogP contribution is -2.52. The van der Waals surface area contributed by atoms with E-state index in [0.717, 1.165) is 37.1 Å². The molecule has 3 aromatic carbocycles. The Morgan fingerprint density at radius 2 is 1.50 bits per heavy atom. The summed E-state index contributed by atoms with van der Waals surface area (Å²) in [6, 6.07) is 21.5. The zero-order valence-corrected chi connectivity index (χ0v) is 27.0. The Bertz CT molecular complexity index is 1530. The van der Waals surface area contributed by atoms with Crippen molar-refractivity contribution in [2.75, 3.05) is 52.5 Å². The minimum Gasteiger partial charge on any atom is -0.379 e. The van der Waals surface area contributed by atoms with Crippen molar-refractivity contribution in [2.45, 2.75) is 49.6 Å². The fraction of sp³-hybridized carbons (Fsp3) is 0.429. The van der Waals surface area contributed by atoms with Crippen LogP contribution < -0.4 is 5.32 Å². The number of ether oxygens (including phenoxy) is 1. The van der Waals surface area contributed by atoms with E-state index in [4.69, 9.17) is 4.74 Å². The molecule has 5 rings (SSSR count). The van der Waals surface area contributed by atoms with Gasteiger partial charge < -0.3 is 15.0 Å². The maximum atomic E-state index is 14.0. The minimum atomic E-state index is -3.53. The van der Waals surface area contributed by atoms with Gasteiger partial charge in [0.2, 0.25) is 21.8 Å². The summed E-state index contributed by atoms with van der Waals surface area (Å²) in [7, 11) is -3.53. The number of sulfonamides is 1. The molecule has 46 heavy (non-hydrogen) atoms. The first kappa shape index (κ1) is 33.7. The van der Waals surface area contributed by atoms with Crippen molar-refractivity contribution < 1.29 is 27.1 Å². The summed E-state index contributed by atoms with van der Waals surface area (Å²) in [5.74, 6) is -0.843. The van der Waals surface area contributed by atoms with E-state index in [-0.39, 0.29) is 35.5 Å². The highest BCUT2D eigenvalue weighted by atomic mass is 32.2. The zero-order chi connectivity index (χ0) is 32.4. The van der Waals surface area contributed by atoms with E-state index in [0.29, 0.717) is 57.8 Å². The van der Waals surface area contributed by atoms with Crippen molar-refractivity contribution in [1.29, 1.82) is 0 Å². The Kier molecular flexibility index (Phi) is 11.9. The molecule has 0 bridgehead atoms. The maximum Gasteiger partial charge on any atom is 0.243 e. The number of amides is 2. The van der Waals surface area contributed by atoms with Gasteiger partial charge in [-0.3, -0.25) is 14.5 Å². The first-order valence-corrected chi connectivity index (χ1v) is 17.5. The molecule has 3 aromatic rings. The molecule has 1 N–H and O–H groups in total. The molecule has 0 spiro atoms. The van der Waals surface area contributed by atoms with Crippen LogP contribution in [-0.2, 0) is 43.7 Å². The largest absolute Gasteiger partial charge is 0.379 e. The average molecular weight is 651 g/mol. The number of morpholine rings is 1. The summed E-state index contributed by atoms with van der Waals surface area (Å²) >= 11 is 0. The van der Waals surface area contributed by atoms with Crippen molar-refractivity contribution >= 4 is 21.8 Å². The van der Waals surface area contributed by atoms with Gasteiger partial charge in [0, 0.05) is 58.7 Å². The fourth-order valence-electron chi connectivity index (χ4n) is 5.92. The predicted molar refractivity (Wildman–Crippen MR) is 174 cm³/mol. The number of aryl methyl sites for hydroxylation is 1. The van der Waals surface area contributed by atoms with Gasteiger partial charge in [0.05, 0.1) is 18.1 Å². The number of rotatable bonds is 14. The third-order valence-corrected chi connectivity index (χ3v) is 10.5. The minimum absolute atomic E-state index is 0.117. The molecule has 0 aliphatic carbocycles. The lowest BCUT2D eigenvalue weighted by molar-refractivity contribution is -0.141. The number of halogens is 1. The molecule has 9 nitrogen and oxygen atoms in total. The van der Waals surface area contributed by atoms with Gasteiger partial charge in [-0.2, -0.15) is 4.31 Å². The van der Waals surface area contributed by atoms with Crippen molar-refractivity contribution in [3.63, 3.8) is 0 Å². The van der Waals surface area contributed by atoms with E-state index >= 15 is 0 Å². The van der Waals surface area contributed by atoms with Crippen molar-refractivity contribution in [3.8, 4) is 0 Å². The molecule has 0 aromatic heterocycles. The van der Waals surface area contributed by atoms with Crippen LogP contribution >= 0.6 is 0 Å². The van der Waals surface area contributed by atoms with Gasteiger partial charge in [-0.25, -0.2) is 12.8 Å². The van der Waals surface area contributed by atoms with Crippen LogP contribution in [0.15, 0.2) is 83.8 Å². The molecule has 2 saturated heterocycles. The molecule has 2 aliphatic rings. The topological polar surface area (TPSA) is 99.3 Å². The SMILES string of the molecule is O=C(NCCN1CCOCC1)[C@H](Cc1ccccc1)N(Cc1ccc(F)cc1)C(=O)CCc1ccc(S(=O)(=O)N2CCCC2)cc1. The summed E-state index contributed by atoms with van der Waals surface area (Å²) in [5.41, 5.74) is 2.46. The normalized spacial score (nSPS) is 16.6. The standard InChI is InChI=1S/C35H43FN4O5S/c36-31-13-8-30(9-14-31)27-40(34(41)17-12-28-10-15-32(16-11-28)46(43,44)39-19-4-5-20-39)33(26-29-6-2-1-3-7-29)35(42)37-18-21-38-22-24-45-25-23-38/h1-3,6-11,13-16,33H,4-5,12,17-27H2,(H,37,42)/t33-/m0/s1. The fourth-order valence-corrected chi connectivity index (χ4v) is 7.44. The molecule has 2 amide bonds. The summed E-state index contributed by atoms with van der Waals surface area (Å²) in [6.45, 7) is 5.29. The third kappa shape index (κ3) is 9.22. The molecule has 2 heterocycles. The quantitative estimate of drug-likeness (QED) is 0.286. The Morgan fingerprint density at radius 1 is 0.848 bits per heavy atom. The van der Waals surface area contributed by atoms with Crippen LogP contribution in [0.4, 0.5) is 4.39 Å². The number of benzene rings is 3. The average Bonchev–Trinajstić information content (AvgIpc) is 3.64. The van der Waals surface area contributed by atoms with Gasteiger partial charge in [-0.1, -0.05) is 54.6 Å². The van der Waals surface area contributed by atoms with Crippen LogP contribution in [0, 0.1) is 5.82 Å². The van der Waals surface area contributed by atoms with E-state index in [9.17, 15) is 22.4 Å². The lowest BCUT2D eigenvalue weighted by atomic mass is 10.0. The molecule has 0 radical (unpaired) electrons. The summed E-state index contributed by atoms with van der Waals surface area (Å²) in [4.78, 5) is 31.9. The van der Waals surface area contributed by atoms with Crippen molar-refractivity contribution in [1.82, 2.24) is 19.4 Å². The van der Waals surface area contributed by atoms with Crippen LogP contribution in [0.2, 0.25) is 0 Å². The Morgan fingerprint density at radius 3 is 2.17 bits per heavy atom. The molecule has 246 valence electrons. The second kappa shape index (κ2) is 16.3. The number of hydrogen-bond donors (Lipinski definition) is 1. The zero-order valence-electron chi connectivity index (χ0n) is 26.2. The number of nitrogens with one attached hydrogen (secondary N) is 1. The number of hydrogen-bond acceptors (Lipinski definition) is 6. The maximum absolute atomic E-state index is 14.0. The summed E-state index contributed by atoms with van der Waals surface area (Å²) in [6.07, 6.45) is 2.54. The summed E-state index contributed by atoms with van der Waals surface area (Å²) in [5, 5.41) is 3.06. The number of carbonyl (C=O) groups excluding carboxylic acids is 2. The van der Waals surface area contributed by atoms with E-state index in [1.807, 2.05) is 30.3 Å². The van der Waals surface area contributed by atoms with Gasteiger partial charge in [-0.05, 0) is 60.2 Å². The van der Waals surface area contributed by atoms with Crippen molar-refractivity contribution in [2.24, 2.45) is 0 Å². The van der Waals surface area contributed by atoms with Gasteiger partial charge in [0.1, 0.15) is 11.9 Å². The second-order valence-corrected chi connectivity index (χ2v) is 13.8. The molecular weight excluding hydrogens is 607 g/mol. The van der Waals surface area contributed by atoms with E-state index in [1.165, 1.54) is 16.4 Å². The highest BCUT2D eigenvalue weighted by Crippen LogP contribution is 2.22. The monoisotopic (exact) mass is 650 g/mol. The van der Waals surface area contributed by atoms with Crippen LogP contribution in [0.25, 0.3) is 0 Å². The number of nitrogens with zero attached hydrogens (tertiary/aromatic N) is 3. The van der Waals surface area contributed by atoms with Crippen LogP contribution in [0.5, 0.6) is 0 Å². The van der Waals surface area contributed by atoms with Crippen LogP contribution in [0.1, 0.15) is 36.0 Å². The predicted octanol–water partition coefficient (Wildman–Crippen LogP) is 3.63. The van der Waals surface area contributed by atoms with Crippen LogP contribution in [-0.4, -0.2) is 92.9 Å². The Hall–Kier alpha value is -3.64. The molecule has 2 fully saturated rings. The van der Waals surface area contributed by atoms with Gasteiger partial charge in [0.15, 0.2) is 0 Å². The van der Waals surface area contributed by atoms with Gasteiger partial charge in [-0.15, -0.1) is 0 Å². The first-order valence-electron chi connectivity index (χ1n) is 16.0. The van der Waals surface area contributed by atoms with Crippen LogP contribution in [0.3, 0.4) is 0 Å². The third-order valence-electron chi connectivity index (χ3n) is 8.62. The summed E-state index contributed by atoms with van der Waals surface area (Å²) < 4.78 is 46.6. The van der Waals surface area contributed by atoms with Crippen molar-refractivity contribution in [3.05, 3.63) is 101 Å². The van der Waals surface area contributed by atoms with Gasteiger partial charge >= 0.3 is 0 Å². The van der Waals surface area contributed by atoms with E-state index < -0.39 is 16.1 Å². The van der Waals surface area contributed by atoms with Gasteiger partial charge in [0.25, 0.3) is 0 Å². The Balaban J connectivity index is 1.32. The van der Waals surface area contributed by atoms with E-state index in [1.54, 1.807) is 41.3 Å². The molecular formula is C35H43FN4O5S. The second-order valence-electron chi connectivity index (χ2n) is 11.9. The highest BCUT2D eigenvalue weighted by Gasteiger charge is 2.31. The molecule has 11 heteroatoms. The smallest absolute Gasteiger partial charge is 0.243 e. The molecule has 2 aliphatic heterocycles. The highest BCUT2D eigenvalue weighted by molar-refractivity contribution is 7.89. The van der Waals surface area contributed by atoms with E-state index in [2.05, 4.69) is 10.2 Å². The Labute approximate surface area is 271 Å². The molecule has 0 unspecified atom stereocenters. The first-order chi connectivity index (χ1) is 22.3. The lowest BCUT2D eigenvalue weighted by Gasteiger charge is -2.32. The number of carbonyl (C=O) groups is 2.